The second-order valence-corrected chi connectivity index (χ2v) is 6.64. The highest BCUT2D eigenvalue weighted by Gasteiger charge is 2.35. The monoisotopic (exact) mass is 347 g/mol. The summed E-state index contributed by atoms with van der Waals surface area (Å²) in [6.45, 7) is 4.01. The van der Waals surface area contributed by atoms with Gasteiger partial charge in [-0.3, -0.25) is 0 Å². The predicted molar refractivity (Wildman–Crippen MR) is 82.8 cm³/mol. The SMILES string of the molecule is CC(C)Sc1ccccc1Nc1nc(Cl)ncc1C(F)(F)F. The molecule has 1 N–H and O–H groups in total. The maximum Gasteiger partial charge on any atom is 0.421 e. The Morgan fingerprint density at radius 1 is 1.23 bits per heavy atom. The third kappa shape index (κ3) is 4.27. The molecule has 1 aromatic heterocycles. The van der Waals surface area contributed by atoms with Crippen molar-refractivity contribution in [3.63, 3.8) is 0 Å². The van der Waals surface area contributed by atoms with Crippen molar-refractivity contribution in [1.82, 2.24) is 9.97 Å². The van der Waals surface area contributed by atoms with Crippen molar-refractivity contribution in [2.75, 3.05) is 5.32 Å². The Morgan fingerprint density at radius 3 is 2.55 bits per heavy atom. The molecular formula is C14H13ClF3N3S. The first-order chi connectivity index (χ1) is 10.3. The quantitative estimate of drug-likeness (QED) is 0.594. The van der Waals surface area contributed by atoms with Crippen LogP contribution < -0.4 is 5.32 Å². The number of aromatic nitrogens is 2. The zero-order valence-corrected chi connectivity index (χ0v) is 13.4. The number of alkyl halides is 3. The van der Waals surface area contributed by atoms with Crippen LogP contribution in [0.25, 0.3) is 0 Å². The number of para-hydroxylation sites is 1. The van der Waals surface area contributed by atoms with Crippen molar-refractivity contribution in [3.8, 4) is 0 Å². The molecule has 0 unspecified atom stereocenters. The van der Waals surface area contributed by atoms with E-state index in [9.17, 15) is 13.2 Å². The number of thioether (sulfide) groups is 1. The molecule has 0 spiro atoms. The summed E-state index contributed by atoms with van der Waals surface area (Å²) >= 11 is 7.16. The summed E-state index contributed by atoms with van der Waals surface area (Å²) in [6.07, 6.45) is -3.89. The summed E-state index contributed by atoms with van der Waals surface area (Å²) in [7, 11) is 0. The van der Waals surface area contributed by atoms with Gasteiger partial charge in [0.25, 0.3) is 0 Å². The van der Waals surface area contributed by atoms with E-state index < -0.39 is 11.7 Å². The van der Waals surface area contributed by atoms with Crippen LogP contribution in [0.15, 0.2) is 35.4 Å². The Bertz CT molecular complexity index is 662. The molecule has 0 aliphatic carbocycles. The molecule has 0 radical (unpaired) electrons. The minimum Gasteiger partial charge on any atom is -0.339 e. The maximum absolute atomic E-state index is 13.0. The van der Waals surface area contributed by atoms with Crippen molar-refractivity contribution in [3.05, 3.63) is 41.3 Å². The summed E-state index contributed by atoms with van der Waals surface area (Å²) in [5.74, 6) is -0.357. The second-order valence-electron chi connectivity index (χ2n) is 4.69. The average molecular weight is 348 g/mol. The smallest absolute Gasteiger partial charge is 0.339 e. The van der Waals surface area contributed by atoms with Crippen LogP contribution in [-0.2, 0) is 6.18 Å². The van der Waals surface area contributed by atoms with Gasteiger partial charge in [0.1, 0.15) is 11.4 Å². The van der Waals surface area contributed by atoms with Gasteiger partial charge in [-0.1, -0.05) is 26.0 Å². The van der Waals surface area contributed by atoms with Crippen molar-refractivity contribution in [1.29, 1.82) is 0 Å². The van der Waals surface area contributed by atoms with Crippen molar-refractivity contribution in [2.24, 2.45) is 0 Å². The van der Waals surface area contributed by atoms with Gasteiger partial charge in [-0.15, -0.1) is 11.8 Å². The first-order valence-corrected chi connectivity index (χ1v) is 7.65. The van der Waals surface area contributed by atoms with Crippen molar-refractivity contribution >= 4 is 34.9 Å². The molecule has 0 saturated carbocycles. The van der Waals surface area contributed by atoms with E-state index in [1.165, 1.54) is 0 Å². The largest absolute Gasteiger partial charge is 0.421 e. The summed E-state index contributed by atoms with van der Waals surface area (Å²) in [5, 5.41) is 2.76. The second kappa shape index (κ2) is 6.75. The fraction of sp³-hybridized carbons (Fsp3) is 0.286. The van der Waals surface area contributed by atoms with Gasteiger partial charge in [-0.2, -0.15) is 18.2 Å². The number of nitrogens with zero attached hydrogens (tertiary/aromatic N) is 2. The molecule has 0 bridgehead atoms. The summed E-state index contributed by atoms with van der Waals surface area (Å²) in [5.41, 5.74) is -0.414. The van der Waals surface area contributed by atoms with E-state index in [-0.39, 0.29) is 11.1 Å². The van der Waals surface area contributed by atoms with Crippen LogP contribution in [0.2, 0.25) is 5.28 Å². The van der Waals surface area contributed by atoms with E-state index in [1.54, 1.807) is 23.9 Å². The van der Waals surface area contributed by atoms with Gasteiger partial charge >= 0.3 is 6.18 Å². The Labute approximate surface area is 135 Å². The summed E-state index contributed by atoms with van der Waals surface area (Å²) in [6, 6.07) is 7.10. The molecule has 1 heterocycles. The molecule has 0 fully saturated rings. The number of nitrogens with one attached hydrogen (secondary N) is 1. The van der Waals surface area contributed by atoms with E-state index in [2.05, 4.69) is 15.3 Å². The number of halogens is 4. The lowest BCUT2D eigenvalue weighted by Crippen LogP contribution is -2.11. The zero-order valence-electron chi connectivity index (χ0n) is 11.8. The van der Waals surface area contributed by atoms with Gasteiger partial charge in [-0.05, 0) is 23.7 Å². The third-order valence-electron chi connectivity index (χ3n) is 2.57. The number of rotatable bonds is 4. The van der Waals surface area contributed by atoms with Gasteiger partial charge in [0, 0.05) is 16.3 Å². The van der Waals surface area contributed by atoms with Crippen LogP contribution in [0.4, 0.5) is 24.7 Å². The Balaban J connectivity index is 2.41. The predicted octanol–water partition coefficient (Wildman–Crippen LogP) is 5.39. The summed E-state index contributed by atoms with van der Waals surface area (Å²) in [4.78, 5) is 7.91. The molecule has 3 nitrogen and oxygen atoms in total. The highest BCUT2D eigenvalue weighted by atomic mass is 35.5. The van der Waals surface area contributed by atoms with E-state index in [1.807, 2.05) is 26.0 Å². The number of hydrogen-bond donors (Lipinski definition) is 1. The molecule has 2 aromatic rings. The topological polar surface area (TPSA) is 37.8 Å². The molecule has 8 heteroatoms. The minimum atomic E-state index is -4.56. The normalized spacial score (nSPS) is 11.8. The average Bonchev–Trinajstić information content (AvgIpc) is 2.39. The van der Waals surface area contributed by atoms with Crippen molar-refractivity contribution in [2.45, 2.75) is 30.2 Å². The molecular weight excluding hydrogens is 335 g/mol. The third-order valence-corrected chi connectivity index (χ3v) is 3.83. The first-order valence-electron chi connectivity index (χ1n) is 6.40. The van der Waals surface area contributed by atoms with Gasteiger partial charge in [0.15, 0.2) is 0 Å². The van der Waals surface area contributed by atoms with Crippen LogP contribution in [0.3, 0.4) is 0 Å². The number of anilines is 2. The van der Waals surface area contributed by atoms with Gasteiger partial charge in [0.2, 0.25) is 5.28 Å². The fourth-order valence-corrected chi connectivity index (χ4v) is 2.76. The lowest BCUT2D eigenvalue weighted by Gasteiger charge is -2.16. The first kappa shape index (κ1) is 16.9. The molecule has 0 aliphatic heterocycles. The van der Waals surface area contributed by atoms with E-state index >= 15 is 0 Å². The van der Waals surface area contributed by atoms with Gasteiger partial charge in [-0.25, -0.2) is 4.98 Å². The van der Waals surface area contributed by atoms with Gasteiger partial charge < -0.3 is 5.32 Å². The molecule has 1 aromatic carbocycles. The molecule has 22 heavy (non-hydrogen) atoms. The maximum atomic E-state index is 13.0. The summed E-state index contributed by atoms with van der Waals surface area (Å²) < 4.78 is 39.1. The number of benzene rings is 1. The van der Waals surface area contributed by atoms with Crippen LogP contribution in [-0.4, -0.2) is 15.2 Å². The highest BCUT2D eigenvalue weighted by Crippen LogP contribution is 2.37. The van der Waals surface area contributed by atoms with E-state index in [0.717, 1.165) is 4.90 Å². The molecule has 0 amide bonds. The van der Waals surface area contributed by atoms with E-state index in [0.29, 0.717) is 17.1 Å². The van der Waals surface area contributed by atoms with E-state index in [4.69, 9.17) is 11.6 Å². The van der Waals surface area contributed by atoms with Crippen LogP contribution >= 0.6 is 23.4 Å². The van der Waals surface area contributed by atoms with Crippen LogP contribution in [0.5, 0.6) is 0 Å². The van der Waals surface area contributed by atoms with Crippen LogP contribution in [0, 0.1) is 0 Å². The zero-order chi connectivity index (χ0) is 16.3. The van der Waals surface area contributed by atoms with Gasteiger partial charge in [0.05, 0.1) is 5.69 Å². The molecule has 0 aliphatic rings. The number of hydrogen-bond acceptors (Lipinski definition) is 4. The Hall–Kier alpha value is -1.47. The minimum absolute atomic E-state index is 0.246. The highest BCUT2D eigenvalue weighted by molar-refractivity contribution is 8.00. The molecule has 2 rings (SSSR count). The Kier molecular flexibility index (Phi) is 5.18. The lowest BCUT2D eigenvalue weighted by molar-refractivity contribution is -0.137. The molecule has 0 atom stereocenters. The molecule has 118 valence electrons. The molecule has 0 saturated heterocycles. The Morgan fingerprint density at radius 2 is 1.91 bits per heavy atom. The van der Waals surface area contributed by atoms with Crippen molar-refractivity contribution < 1.29 is 13.2 Å². The van der Waals surface area contributed by atoms with Crippen LogP contribution in [0.1, 0.15) is 19.4 Å². The fourth-order valence-electron chi connectivity index (χ4n) is 1.72. The lowest BCUT2D eigenvalue weighted by atomic mass is 10.2. The standard InChI is InChI=1S/C14H13ClF3N3S/c1-8(2)22-11-6-4-3-5-10(11)20-12-9(14(16,17)18)7-19-13(15)21-12/h3-8H,1-2H3,(H,19,20,21).